The standard InChI is InChI=1S/C13H22N2OS/c1-4-15(5-2)13(16)9-14-11(3)8-12-6-7-17-10-12/h6-7,10-11,14H,4-5,8-9H2,1-3H3. The number of carbonyl (C=O) groups is 1. The zero-order valence-corrected chi connectivity index (χ0v) is 11.7. The maximum Gasteiger partial charge on any atom is 0.236 e. The Hall–Kier alpha value is -0.870. The van der Waals surface area contributed by atoms with E-state index in [1.807, 2.05) is 18.7 Å². The first-order chi connectivity index (χ1) is 8.17. The molecular formula is C13H22N2OS. The molecule has 1 aromatic rings. The number of amides is 1. The van der Waals surface area contributed by atoms with E-state index < -0.39 is 0 Å². The predicted molar refractivity (Wildman–Crippen MR) is 73.4 cm³/mol. The third kappa shape index (κ3) is 4.88. The van der Waals surface area contributed by atoms with Crippen molar-refractivity contribution in [2.45, 2.75) is 33.2 Å². The van der Waals surface area contributed by atoms with Crippen molar-refractivity contribution in [3.8, 4) is 0 Å². The van der Waals surface area contributed by atoms with Gasteiger partial charge in [-0.15, -0.1) is 0 Å². The minimum Gasteiger partial charge on any atom is -0.342 e. The molecule has 4 heteroatoms. The minimum atomic E-state index is 0.187. The van der Waals surface area contributed by atoms with Crippen molar-refractivity contribution in [1.29, 1.82) is 0 Å². The summed E-state index contributed by atoms with van der Waals surface area (Å²) >= 11 is 1.72. The van der Waals surface area contributed by atoms with Crippen LogP contribution in [0.25, 0.3) is 0 Å². The van der Waals surface area contributed by atoms with Crippen LogP contribution in [0.15, 0.2) is 16.8 Å². The van der Waals surface area contributed by atoms with Crippen molar-refractivity contribution >= 4 is 17.2 Å². The van der Waals surface area contributed by atoms with Gasteiger partial charge >= 0.3 is 0 Å². The Kier molecular flexibility index (Phi) is 6.22. The minimum absolute atomic E-state index is 0.187. The third-order valence-corrected chi connectivity index (χ3v) is 3.57. The molecule has 0 aliphatic heterocycles. The van der Waals surface area contributed by atoms with Gasteiger partial charge in [0.15, 0.2) is 0 Å². The van der Waals surface area contributed by atoms with Crippen LogP contribution in [0.4, 0.5) is 0 Å². The first-order valence-electron chi connectivity index (χ1n) is 6.19. The highest BCUT2D eigenvalue weighted by Crippen LogP contribution is 2.08. The SMILES string of the molecule is CCN(CC)C(=O)CNC(C)Cc1ccsc1. The molecule has 0 aliphatic carbocycles. The second kappa shape index (κ2) is 7.45. The highest BCUT2D eigenvalue weighted by atomic mass is 32.1. The van der Waals surface area contributed by atoms with Gasteiger partial charge in [0.2, 0.25) is 5.91 Å². The smallest absolute Gasteiger partial charge is 0.236 e. The molecule has 0 aromatic carbocycles. The van der Waals surface area contributed by atoms with Crippen molar-refractivity contribution in [3.63, 3.8) is 0 Å². The molecule has 0 radical (unpaired) electrons. The van der Waals surface area contributed by atoms with Crippen molar-refractivity contribution in [3.05, 3.63) is 22.4 Å². The average Bonchev–Trinajstić information content (AvgIpc) is 2.81. The fourth-order valence-electron chi connectivity index (χ4n) is 1.78. The van der Waals surface area contributed by atoms with Gasteiger partial charge in [-0.1, -0.05) is 0 Å². The van der Waals surface area contributed by atoms with Crippen LogP contribution in [0.1, 0.15) is 26.3 Å². The van der Waals surface area contributed by atoms with E-state index in [9.17, 15) is 4.79 Å². The number of hydrogen-bond donors (Lipinski definition) is 1. The molecule has 0 saturated heterocycles. The summed E-state index contributed by atoms with van der Waals surface area (Å²) in [6.45, 7) is 8.15. The Balaban J connectivity index is 2.28. The summed E-state index contributed by atoms with van der Waals surface area (Å²) in [6, 6.07) is 2.47. The van der Waals surface area contributed by atoms with Crippen LogP contribution in [0, 0.1) is 0 Å². The molecule has 1 heterocycles. The van der Waals surface area contributed by atoms with Crippen LogP contribution < -0.4 is 5.32 Å². The summed E-state index contributed by atoms with van der Waals surface area (Å²) in [5, 5.41) is 7.53. The second-order valence-electron chi connectivity index (χ2n) is 4.18. The number of rotatable bonds is 7. The normalized spacial score (nSPS) is 12.4. The molecule has 3 nitrogen and oxygen atoms in total. The first kappa shape index (κ1) is 14.2. The van der Waals surface area contributed by atoms with Crippen LogP contribution in [-0.2, 0) is 11.2 Å². The molecule has 1 unspecified atom stereocenters. The third-order valence-electron chi connectivity index (χ3n) is 2.84. The van der Waals surface area contributed by atoms with Crippen LogP contribution in [0.2, 0.25) is 0 Å². The summed E-state index contributed by atoms with van der Waals surface area (Å²) in [4.78, 5) is 13.6. The Morgan fingerprint density at radius 3 is 2.71 bits per heavy atom. The Labute approximate surface area is 108 Å². The summed E-state index contributed by atoms with van der Waals surface area (Å²) in [7, 11) is 0. The van der Waals surface area contributed by atoms with Crippen LogP contribution in [0.3, 0.4) is 0 Å². The van der Waals surface area contributed by atoms with Crippen molar-refractivity contribution < 1.29 is 4.79 Å². The summed E-state index contributed by atoms with van der Waals surface area (Å²) in [6.07, 6.45) is 0.981. The fraction of sp³-hybridized carbons (Fsp3) is 0.615. The van der Waals surface area contributed by atoms with Gasteiger partial charge in [-0.3, -0.25) is 4.79 Å². The highest BCUT2D eigenvalue weighted by molar-refractivity contribution is 7.07. The lowest BCUT2D eigenvalue weighted by Gasteiger charge is -2.20. The molecule has 0 fully saturated rings. The maximum atomic E-state index is 11.8. The lowest BCUT2D eigenvalue weighted by atomic mass is 10.1. The van der Waals surface area contributed by atoms with Gasteiger partial charge in [0.25, 0.3) is 0 Å². The topological polar surface area (TPSA) is 32.3 Å². The van der Waals surface area contributed by atoms with Gasteiger partial charge in [0.05, 0.1) is 6.54 Å². The molecule has 0 aliphatic rings. The molecule has 1 rings (SSSR count). The average molecular weight is 254 g/mol. The van der Waals surface area contributed by atoms with E-state index in [-0.39, 0.29) is 5.91 Å². The highest BCUT2D eigenvalue weighted by Gasteiger charge is 2.11. The first-order valence-corrected chi connectivity index (χ1v) is 7.13. The predicted octanol–water partition coefficient (Wildman–Crippen LogP) is 2.14. The quantitative estimate of drug-likeness (QED) is 0.808. The molecule has 1 aromatic heterocycles. The van der Waals surface area contributed by atoms with E-state index in [1.165, 1.54) is 5.56 Å². The van der Waals surface area contributed by atoms with E-state index >= 15 is 0 Å². The lowest BCUT2D eigenvalue weighted by molar-refractivity contribution is -0.129. The van der Waals surface area contributed by atoms with Gasteiger partial charge in [-0.05, 0) is 49.6 Å². The molecule has 0 spiro atoms. The van der Waals surface area contributed by atoms with Gasteiger partial charge in [-0.2, -0.15) is 11.3 Å². The zero-order valence-electron chi connectivity index (χ0n) is 10.9. The Morgan fingerprint density at radius 1 is 1.47 bits per heavy atom. The maximum absolute atomic E-state index is 11.8. The van der Waals surface area contributed by atoms with E-state index in [2.05, 4.69) is 29.1 Å². The van der Waals surface area contributed by atoms with Crippen LogP contribution in [0.5, 0.6) is 0 Å². The number of nitrogens with zero attached hydrogens (tertiary/aromatic N) is 1. The lowest BCUT2D eigenvalue weighted by Crippen LogP contribution is -2.41. The molecule has 1 amide bonds. The molecular weight excluding hydrogens is 232 g/mol. The monoisotopic (exact) mass is 254 g/mol. The second-order valence-corrected chi connectivity index (χ2v) is 4.96. The van der Waals surface area contributed by atoms with E-state index in [0.29, 0.717) is 12.6 Å². The Bertz CT molecular complexity index is 320. The number of likely N-dealkylation sites (N-methyl/N-ethyl adjacent to an activating group) is 1. The largest absolute Gasteiger partial charge is 0.342 e. The van der Waals surface area contributed by atoms with Gasteiger partial charge in [0.1, 0.15) is 0 Å². The van der Waals surface area contributed by atoms with Crippen molar-refractivity contribution in [2.24, 2.45) is 0 Å². The number of nitrogens with one attached hydrogen (secondary N) is 1. The van der Waals surface area contributed by atoms with Crippen LogP contribution in [-0.4, -0.2) is 36.5 Å². The zero-order chi connectivity index (χ0) is 12.7. The van der Waals surface area contributed by atoms with Crippen LogP contribution >= 0.6 is 11.3 Å². The van der Waals surface area contributed by atoms with Gasteiger partial charge < -0.3 is 10.2 Å². The van der Waals surface area contributed by atoms with Gasteiger partial charge in [-0.25, -0.2) is 0 Å². The number of carbonyl (C=O) groups excluding carboxylic acids is 1. The number of thiophene rings is 1. The number of hydrogen-bond acceptors (Lipinski definition) is 3. The van der Waals surface area contributed by atoms with E-state index in [4.69, 9.17) is 0 Å². The van der Waals surface area contributed by atoms with E-state index in [1.54, 1.807) is 11.3 Å². The molecule has 1 atom stereocenters. The molecule has 1 N–H and O–H groups in total. The van der Waals surface area contributed by atoms with Gasteiger partial charge in [0, 0.05) is 19.1 Å². The van der Waals surface area contributed by atoms with E-state index in [0.717, 1.165) is 19.5 Å². The molecule has 0 saturated carbocycles. The molecule has 96 valence electrons. The van der Waals surface area contributed by atoms with Crippen molar-refractivity contribution in [2.75, 3.05) is 19.6 Å². The molecule has 0 bridgehead atoms. The summed E-state index contributed by atoms with van der Waals surface area (Å²) < 4.78 is 0. The molecule has 17 heavy (non-hydrogen) atoms. The van der Waals surface area contributed by atoms with Crippen molar-refractivity contribution in [1.82, 2.24) is 10.2 Å². The summed E-state index contributed by atoms with van der Waals surface area (Å²) in [5.41, 5.74) is 1.34. The fourth-order valence-corrected chi connectivity index (χ4v) is 2.47. The Morgan fingerprint density at radius 2 is 2.18 bits per heavy atom. The summed E-state index contributed by atoms with van der Waals surface area (Å²) in [5.74, 6) is 0.187.